The summed E-state index contributed by atoms with van der Waals surface area (Å²) in [6, 6.07) is 0.409. The Morgan fingerprint density at radius 1 is 1.45 bits per heavy atom. The van der Waals surface area contributed by atoms with Gasteiger partial charge in [-0.15, -0.1) is 11.3 Å². The predicted molar refractivity (Wildman–Crippen MR) is 85.1 cm³/mol. The van der Waals surface area contributed by atoms with Crippen molar-refractivity contribution in [3.8, 4) is 0 Å². The standard InChI is InChI=1S/C15H23N3O3S/c19-14(11-21-10-12-3-7-20-9-12)18-5-1-13(2-6-18)17-15-16-4-8-22-15/h4,8,12-13H,1-3,5-7,9-11H2,(H,16,17). The third-order valence-electron chi connectivity index (χ3n) is 4.21. The average Bonchev–Trinajstić information content (AvgIpc) is 3.21. The number of likely N-dealkylation sites (tertiary alicyclic amines) is 1. The largest absolute Gasteiger partial charge is 0.381 e. The van der Waals surface area contributed by atoms with E-state index in [1.165, 1.54) is 0 Å². The number of thiazole rings is 1. The van der Waals surface area contributed by atoms with Gasteiger partial charge < -0.3 is 19.7 Å². The summed E-state index contributed by atoms with van der Waals surface area (Å²) in [4.78, 5) is 18.3. The van der Waals surface area contributed by atoms with Crippen LogP contribution in [0.25, 0.3) is 0 Å². The molecule has 0 aliphatic carbocycles. The smallest absolute Gasteiger partial charge is 0.248 e. The lowest BCUT2D eigenvalue weighted by Gasteiger charge is -2.32. The molecule has 1 atom stereocenters. The number of rotatable bonds is 6. The molecule has 0 aromatic carbocycles. The molecule has 22 heavy (non-hydrogen) atoms. The minimum absolute atomic E-state index is 0.103. The molecule has 122 valence electrons. The van der Waals surface area contributed by atoms with Crippen molar-refractivity contribution in [3.63, 3.8) is 0 Å². The zero-order valence-electron chi connectivity index (χ0n) is 12.7. The molecule has 1 N–H and O–H groups in total. The molecular weight excluding hydrogens is 302 g/mol. The van der Waals surface area contributed by atoms with E-state index in [0.717, 1.165) is 50.7 Å². The van der Waals surface area contributed by atoms with Crippen LogP contribution in [0.3, 0.4) is 0 Å². The van der Waals surface area contributed by atoms with Crippen molar-refractivity contribution < 1.29 is 14.3 Å². The highest BCUT2D eigenvalue weighted by Gasteiger charge is 2.23. The van der Waals surface area contributed by atoms with Crippen LogP contribution >= 0.6 is 11.3 Å². The monoisotopic (exact) mass is 325 g/mol. The van der Waals surface area contributed by atoms with Gasteiger partial charge in [0.25, 0.3) is 0 Å². The van der Waals surface area contributed by atoms with Crippen molar-refractivity contribution in [3.05, 3.63) is 11.6 Å². The maximum Gasteiger partial charge on any atom is 0.248 e. The van der Waals surface area contributed by atoms with Gasteiger partial charge in [-0.1, -0.05) is 0 Å². The Kier molecular flexibility index (Phi) is 5.64. The third kappa shape index (κ3) is 4.41. The van der Waals surface area contributed by atoms with Crippen LogP contribution in [0.15, 0.2) is 11.6 Å². The first-order chi connectivity index (χ1) is 10.8. The Hall–Kier alpha value is -1.18. The second-order valence-electron chi connectivity index (χ2n) is 5.88. The van der Waals surface area contributed by atoms with E-state index in [1.54, 1.807) is 17.5 Å². The number of amides is 1. The van der Waals surface area contributed by atoms with E-state index in [0.29, 0.717) is 18.6 Å². The zero-order chi connectivity index (χ0) is 15.2. The van der Waals surface area contributed by atoms with Crippen LogP contribution in [0, 0.1) is 5.92 Å². The fraction of sp³-hybridized carbons (Fsp3) is 0.733. The Bertz CT molecular complexity index is 455. The molecule has 2 fully saturated rings. The van der Waals surface area contributed by atoms with Gasteiger partial charge in [-0.2, -0.15) is 0 Å². The van der Waals surface area contributed by atoms with Crippen molar-refractivity contribution in [2.45, 2.75) is 25.3 Å². The Balaban J connectivity index is 1.32. The molecule has 0 bridgehead atoms. The van der Waals surface area contributed by atoms with Gasteiger partial charge in [0.05, 0.1) is 13.2 Å². The zero-order valence-corrected chi connectivity index (χ0v) is 13.5. The molecule has 2 aliphatic rings. The average molecular weight is 325 g/mol. The molecule has 0 radical (unpaired) electrons. The van der Waals surface area contributed by atoms with Crippen molar-refractivity contribution in [2.24, 2.45) is 5.92 Å². The Morgan fingerprint density at radius 2 is 2.32 bits per heavy atom. The second-order valence-corrected chi connectivity index (χ2v) is 6.78. The topological polar surface area (TPSA) is 63.7 Å². The number of aromatic nitrogens is 1. The molecule has 0 spiro atoms. The van der Waals surface area contributed by atoms with Crippen molar-refractivity contribution >= 4 is 22.4 Å². The van der Waals surface area contributed by atoms with Gasteiger partial charge in [-0.05, 0) is 19.3 Å². The molecule has 3 heterocycles. The molecule has 3 rings (SSSR count). The number of nitrogens with zero attached hydrogens (tertiary/aromatic N) is 2. The van der Waals surface area contributed by atoms with Gasteiger partial charge in [0.1, 0.15) is 6.61 Å². The summed E-state index contributed by atoms with van der Waals surface area (Å²) in [6.07, 6.45) is 4.77. The Labute approximate surface area is 134 Å². The molecule has 1 aromatic rings. The molecule has 2 saturated heterocycles. The minimum atomic E-state index is 0.103. The van der Waals surface area contributed by atoms with E-state index in [1.807, 2.05) is 10.3 Å². The predicted octanol–water partition coefficient (Wildman–Crippen LogP) is 1.60. The summed E-state index contributed by atoms with van der Waals surface area (Å²) >= 11 is 1.61. The normalized spacial score (nSPS) is 22.9. The molecule has 2 aliphatic heterocycles. The fourth-order valence-corrected chi connectivity index (χ4v) is 3.47. The van der Waals surface area contributed by atoms with Gasteiger partial charge in [-0.25, -0.2) is 4.98 Å². The Morgan fingerprint density at radius 3 is 3.00 bits per heavy atom. The summed E-state index contributed by atoms with van der Waals surface area (Å²) in [5.74, 6) is 0.563. The molecule has 0 saturated carbocycles. The number of piperidine rings is 1. The molecule has 7 heteroatoms. The van der Waals surface area contributed by atoms with E-state index in [-0.39, 0.29) is 12.5 Å². The number of carbonyl (C=O) groups is 1. The number of anilines is 1. The van der Waals surface area contributed by atoms with Crippen LogP contribution in [0.5, 0.6) is 0 Å². The summed E-state index contributed by atoms with van der Waals surface area (Å²) in [5.41, 5.74) is 0. The molecule has 1 amide bonds. The minimum Gasteiger partial charge on any atom is -0.381 e. The van der Waals surface area contributed by atoms with Gasteiger partial charge in [0.2, 0.25) is 5.91 Å². The summed E-state index contributed by atoms with van der Waals surface area (Å²) in [7, 11) is 0. The summed E-state index contributed by atoms with van der Waals surface area (Å²) < 4.78 is 10.8. The van der Waals surface area contributed by atoms with Crippen LogP contribution in [-0.4, -0.2) is 61.3 Å². The lowest BCUT2D eigenvalue weighted by molar-refractivity contribution is -0.137. The first-order valence-corrected chi connectivity index (χ1v) is 8.78. The highest BCUT2D eigenvalue weighted by atomic mass is 32.1. The SMILES string of the molecule is O=C(COCC1CCOC1)N1CCC(Nc2nccs2)CC1. The first kappa shape index (κ1) is 15.7. The maximum atomic E-state index is 12.1. The third-order valence-corrected chi connectivity index (χ3v) is 4.91. The maximum absolute atomic E-state index is 12.1. The van der Waals surface area contributed by atoms with Crippen LogP contribution in [0.1, 0.15) is 19.3 Å². The van der Waals surface area contributed by atoms with E-state index in [2.05, 4.69) is 10.3 Å². The second kappa shape index (κ2) is 7.89. The van der Waals surface area contributed by atoms with E-state index < -0.39 is 0 Å². The summed E-state index contributed by atoms with van der Waals surface area (Å²) in [6.45, 7) is 3.99. The molecule has 6 nitrogen and oxygen atoms in total. The van der Waals surface area contributed by atoms with E-state index in [9.17, 15) is 4.79 Å². The molecule has 1 unspecified atom stereocenters. The lowest BCUT2D eigenvalue weighted by atomic mass is 10.1. The highest BCUT2D eigenvalue weighted by molar-refractivity contribution is 7.13. The highest BCUT2D eigenvalue weighted by Crippen LogP contribution is 2.18. The number of ether oxygens (including phenoxy) is 2. The van der Waals surface area contributed by atoms with Crippen LogP contribution < -0.4 is 5.32 Å². The van der Waals surface area contributed by atoms with Gasteiger partial charge in [-0.3, -0.25) is 4.79 Å². The fourth-order valence-electron chi connectivity index (χ4n) is 2.86. The molecular formula is C15H23N3O3S. The van der Waals surface area contributed by atoms with Gasteiger partial charge in [0.15, 0.2) is 5.13 Å². The van der Waals surface area contributed by atoms with Gasteiger partial charge in [0, 0.05) is 43.2 Å². The number of carbonyl (C=O) groups excluding carboxylic acids is 1. The van der Waals surface area contributed by atoms with Crippen molar-refractivity contribution in [1.29, 1.82) is 0 Å². The van der Waals surface area contributed by atoms with Gasteiger partial charge >= 0.3 is 0 Å². The van der Waals surface area contributed by atoms with Crippen LogP contribution in [-0.2, 0) is 14.3 Å². The lowest BCUT2D eigenvalue weighted by Crippen LogP contribution is -2.44. The quantitative estimate of drug-likeness (QED) is 0.861. The van der Waals surface area contributed by atoms with Crippen LogP contribution in [0.2, 0.25) is 0 Å². The number of hydrogen-bond donors (Lipinski definition) is 1. The first-order valence-electron chi connectivity index (χ1n) is 7.90. The number of nitrogens with one attached hydrogen (secondary N) is 1. The van der Waals surface area contributed by atoms with Crippen molar-refractivity contribution in [2.75, 3.05) is 44.8 Å². The van der Waals surface area contributed by atoms with Crippen molar-refractivity contribution in [1.82, 2.24) is 9.88 Å². The molecule has 1 aromatic heterocycles. The van der Waals surface area contributed by atoms with Crippen LogP contribution in [0.4, 0.5) is 5.13 Å². The van der Waals surface area contributed by atoms with E-state index >= 15 is 0 Å². The summed E-state index contributed by atoms with van der Waals surface area (Å²) in [5, 5.41) is 6.36. The number of hydrogen-bond acceptors (Lipinski definition) is 6. The van der Waals surface area contributed by atoms with E-state index in [4.69, 9.17) is 9.47 Å².